The molecule has 0 saturated heterocycles. The average Bonchev–Trinajstić information content (AvgIpc) is 2.82. The van der Waals surface area contributed by atoms with Gasteiger partial charge >= 0.3 is 0 Å². The van der Waals surface area contributed by atoms with Crippen molar-refractivity contribution in [1.29, 1.82) is 0 Å². The summed E-state index contributed by atoms with van der Waals surface area (Å²) in [5.41, 5.74) is 3.46. The van der Waals surface area contributed by atoms with Crippen LogP contribution in [0.4, 0.5) is 21.6 Å². The summed E-state index contributed by atoms with van der Waals surface area (Å²) in [4.78, 5) is 33.9. The quantitative estimate of drug-likeness (QED) is 0.330. The molecular formula is C28H29FN6O2. The Balaban J connectivity index is 1.64. The number of hydrogen-bond donors (Lipinski definition) is 3. The summed E-state index contributed by atoms with van der Waals surface area (Å²) in [5.74, 6) is 0.0337. The van der Waals surface area contributed by atoms with Crippen LogP contribution in [-0.4, -0.2) is 26.1 Å². The van der Waals surface area contributed by atoms with E-state index in [1.807, 2.05) is 19.1 Å². The highest BCUT2D eigenvalue weighted by Crippen LogP contribution is 2.31. The smallest absolute Gasteiger partial charge is 0.287 e. The van der Waals surface area contributed by atoms with E-state index in [-0.39, 0.29) is 16.8 Å². The van der Waals surface area contributed by atoms with Crippen LogP contribution in [0.25, 0.3) is 11.3 Å². The Bertz CT molecular complexity index is 1520. The van der Waals surface area contributed by atoms with Gasteiger partial charge in [-0.2, -0.15) is 5.10 Å². The first-order valence-electron chi connectivity index (χ1n) is 11.8. The molecule has 2 aromatic carbocycles. The predicted molar refractivity (Wildman–Crippen MR) is 143 cm³/mol. The van der Waals surface area contributed by atoms with E-state index in [1.54, 1.807) is 44.2 Å². The molecule has 0 unspecified atom stereocenters. The van der Waals surface area contributed by atoms with Gasteiger partial charge < -0.3 is 10.6 Å². The van der Waals surface area contributed by atoms with Crippen LogP contribution in [0.3, 0.4) is 0 Å². The van der Waals surface area contributed by atoms with E-state index in [2.05, 4.69) is 51.6 Å². The SMILES string of the molecule is Cc1cc(Nc2cc(-c3ccc(F)c(NC(=O)c4ccc(C(C)(C)C)cc4)c3C)n[nH]c2=O)nc(C)n1. The van der Waals surface area contributed by atoms with Crippen molar-refractivity contribution in [3.05, 3.63) is 92.9 Å². The van der Waals surface area contributed by atoms with Crippen LogP contribution in [0.1, 0.15) is 53.8 Å². The van der Waals surface area contributed by atoms with Gasteiger partial charge in [0, 0.05) is 22.9 Å². The molecule has 37 heavy (non-hydrogen) atoms. The van der Waals surface area contributed by atoms with Crippen LogP contribution in [0, 0.1) is 26.6 Å². The lowest BCUT2D eigenvalue weighted by Crippen LogP contribution is -2.16. The Labute approximate surface area is 214 Å². The maximum Gasteiger partial charge on any atom is 0.287 e. The van der Waals surface area contributed by atoms with Gasteiger partial charge in [-0.15, -0.1) is 0 Å². The molecule has 4 aromatic rings. The van der Waals surface area contributed by atoms with Crippen LogP contribution in [0.2, 0.25) is 0 Å². The molecule has 8 nitrogen and oxygen atoms in total. The summed E-state index contributed by atoms with van der Waals surface area (Å²) in [6, 6.07) is 13.3. The molecule has 0 spiro atoms. The van der Waals surface area contributed by atoms with Gasteiger partial charge in [0.1, 0.15) is 23.1 Å². The Hall–Kier alpha value is -4.40. The number of H-pyrrole nitrogens is 1. The molecule has 0 bridgehead atoms. The van der Waals surface area contributed by atoms with E-state index >= 15 is 0 Å². The number of benzene rings is 2. The standard InChI is InChI=1S/C28H29FN6O2/c1-15-13-24(31-17(3)30-15)32-23-14-22(34-35-27(23)37)20-11-12-21(29)25(16(20)2)33-26(36)18-7-9-19(10-8-18)28(4,5)6/h7-14H,1-6H3,(H,33,36)(H,35,37)(H,30,31,32,34). The minimum absolute atomic E-state index is 0.0471. The lowest BCUT2D eigenvalue weighted by atomic mass is 9.86. The van der Waals surface area contributed by atoms with Gasteiger partial charge in [-0.05, 0) is 67.6 Å². The lowest BCUT2D eigenvalue weighted by Gasteiger charge is -2.19. The molecule has 1 amide bonds. The van der Waals surface area contributed by atoms with Crippen molar-refractivity contribution in [2.24, 2.45) is 0 Å². The van der Waals surface area contributed by atoms with E-state index < -0.39 is 17.3 Å². The van der Waals surface area contributed by atoms with E-state index in [0.717, 1.165) is 11.3 Å². The number of anilines is 3. The number of nitrogens with one attached hydrogen (secondary N) is 3. The fourth-order valence-electron chi connectivity index (χ4n) is 3.97. The molecule has 2 aromatic heterocycles. The molecule has 190 valence electrons. The number of carbonyl (C=O) groups excluding carboxylic acids is 1. The first-order valence-corrected chi connectivity index (χ1v) is 11.8. The highest BCUT2D eigenvalue weighted by atomic mass is 19.1. The maximum absolute atomic E-state index is 14.8. The number of hydrogen-bond acceptors (Lipinski definition) is 6. The van der Waals surface area contributed by atoms with Crippen molar-refractivity contribution in [3.8, 4) is 11.3 Å². The van der Waals surface area contributed by atoms with Crippen LogP contribution < -0.4 is 16.2 Å². The molecule has 0 aliphatic rings. The first-order chi connectivity index (χ1) is 17.4. The third-order valence-corrected chi connectivity index (χ3v) is 5.97. The number of carbonyl (C=O) groups is 1. The summed E-state index contributed by atoms with van der Waals surface area (Å²) >= 11 is 0. The molecule has 0 fully saturated rings. The van der Waals surface area contributed by atoms with Crippen LogP contribution in [0.5, 0.6) is 0 Å². The maximum atomic E-state index is 14.8. The van der Waals surface area contributed by atoms with Crippen molar-refractivity contribution in [2.45, 2.75) is 47.0 Å². The zero-order chi connectivity index (χ0) is 26.9. The molecule has 0 radical (unpaired) electrons. The lowest BCUT2D eigenvalue weighted by molar-refractivity contribution is 0.102. The van der Waals surface area contributed by atoms with Gasteiger partial charge in [0.05, 0.1) is 11.4 Å². The highest BCUT2D eigenvalue weighted by molar-refractivity contribution is 6.05. The van der Waals surface area contributed by atoms with Crippen molar-refractivity contribution >= 4 is 23.1 Å². The molecule has 0 aliphatic carbocycles. The number of nitrogens with zero attached hydrogens (tertiary/aromatic N) is 3. The van der Waals surface area contributed by atoms with Gasteiger partial charge in [-0.25, -0.2) is 19.5 Å². The Morgan fingerprint density at radius 3 is 2.32 bits per heavy atom. The molecule has 0 aliphatic heterocycles. The van der Waals surface area contributed by atoms with Crippen LogP contribution >= 0.6 is 0 Å². The van der Waals surface area contributed by atoms with Gasteiger partial charge in [0.2, 0.25) is 0 Å². The monoisotopic (exact) mass is 500 g/mol. The Morgan fingerprint density at radius 2 is 1.68 bits per heavy atom. The molecule has 2 heterocycles. The van der Waals surface area contributed by atoms with Crippen molar-refractivity contribution in [3.63, 3.8) is 0 Å². The van der Waals surface area contributed by atoms with Gasteiger partial charge in [0.25, 0.3) is 11.5 Å². The summed E-state index contributed by atoms with van der Waals surface area (Å²) in [7, 11) is 0. The summed E-state index contributed by atoms with van der Waals surface area (Å²) < 4.78 is 14.8. The summed E-state index contributed by atoms with van der Waals surface area (Å²) in [5, 5.41) is 12.3. The van der Waals surface area contributed by atoms with E-state index in [0.29, 0.717) is 34.0 Å². The average molecular weight is 501 g/mol. The van der Waals surface area contributed by atoms with E-state index in [9.17, 15) is 14.0 Å². The largest absolute Gasteiger partial charge is 0.336 e. The zero-order valence-corrected chi connectivity index (χ0v) is 21.7. The van der Waals surface area contributed by atoms with E-state index in [4.69, 9.17) is 0 Å². The summed E-state index contributed by atoms with van der Waals surface area (Å²) in [6.07, 6.45) is 0. The second kappa shape index (κ2) is 9.93. The fraction of sp³-hybridized carbons (Fsp3) is 0.250. The topological polar surface area (TPSA) is 113 Å². The second-order valence-corrected chi connectivity index (χ2v) is 9.94. The Morgan fingerprint density at radius 1 is 0.973 bits per heavy atom. The van der Waals surface area contributed by atoms with Crippen LogP contribution in [0.15, 0.2) is 53.3 Å². The molecule has 0 atom stereocenters. The molecule has 4 rings (SSSR count). The number of rotatable bonds is 5. The highest BCUT2D eigenvalue weighted by Gasteiger charge is 2.18. The van der Waals surface area contributed by atoms with Crippen molar-refractivity contribution < 1.29 is 9.18 Å². The van der Waals surface area contributed by atoms with Crippen molar-refractivity contribution in [1.82, 2.24) is 20.2 Å². The third kappa shape index (κ3) is 5.72. The molecule has 3 N–H and O–H groups in total. The molecular weight excluding hydrogens is 471 g/mol. The molecule has 0 saturated carbocycles. The number of halogens is 1. The van der Waals surface area contributed by atoms with Gasteiger partial charge in [-0.1, -0.05) is 32.9 Å². The Kier molecular flexibility index (Phi) is 6.89. The summed E-state index contributed by atoms with van der Waals surface area (Å²) in [6.45, 7) is 11.6. The third-order valence-electron chi connectivity index (χ3n) is 5.97. The number of aromatic amines is 1. The first kappa shape index (κ1) is 25.7. The minimum Gasteiger partial charge on any atom is -0.336 e. The second-order valence-electron chi connectivity index (χ2n) is 9.94. The van der Waals surface area contributed by atoms with Crippen molar-refractivity contribution in [2.75, 3.05) is 10.6 Å². The van der Waals surface area contributed by atoms with E-state index in [1.165, 1.54) is 6.07 Å². The van der Waals surface area contributed by atoms with Gasteiger partial charge in [-0.3, -0.25) is 9.59 Å². The van der Waals surface area contributed by atoms with Gasteiger partial charge in [0.15, 0.2) is 0 Å². The number of amides is 1. The number of aryl methyl sites for hydroxylation is 2. The normalized spacial score (nSPS) is 11.3. The number of aromatic nitrogens is 4. The zero-order valence-electron chi connectivity index (χ0n) is 21.7. The fourth-order valence-corrected chi connectivity index (χ4v) is 3.97. The van der Waals surface area contributed by atoms with Crippen LogP contribution in [-0.2, 0) is 5.41 Å². The minimum atomic E-state index is -0.573. The molecule has 9 heteroatoms. The predicted octanol–water partition coefficient (Wildman–Crippen LogP) is 5.58.